The lowest BCUT2D eigenvalue weighted by Crippen LogP contribution is -2.16. The molecule has 11 aromatic rings. The van der Waals surface area contributed by atoms with E-state index < -0.39 is 0 Å². The maximum atomic E-state index is 7.15. The molecule has 0 unspecified atom stereocenters. The third kappa shape index (κ3) is 6.02. The summed E-state index contributed by atoms with van der Waals surface area (Å²) in [5.41, 5.74) is 19.5. The minimum atomic E-state index is -0.135. The molecule has 0 saturated carbocycles. The molecule has 0 atom stereocenters. The summed E-state index contributed by atoms with van der Waals surface area (Å²) in [6.07, 6.45) is 0. The minimum absolute atomic E-state index is 0.135. The van der Waals surface area contributed by atoms with Gasteiger partial charge in [-0.1, -0.05) is 190 Å². The van der Waals surface area contributed by atoms with Crippen LogP contribution >= 0.6 is 0 Å². The zero-order valence-electron chi connectivity index (χ0n) is 35.2. The van der Waals surface area contributed by atoms with Crippen molar-refractivity contribution in [2.75, 3.05) is 4.90 Å². The summed E-state index contributed by atoms with van der Waals surface area (Å²) in [4.78, 5) is 2.42. The maximum Gasteiger partial charge on any atom is 0.143 e. The Bertz CT molecular complexity index is 3510. The number of anilines is 3. The van der Waals surface area contributed by atoms with Crippen molar-refractivity contribution in [3.63, 3.8) is 0 Å². The monoisotopic (exact) mass is 805 g/mol. The highest BCUT2D eigenvalue weighted by atomic mass is 16.3. The Morgan fingerprint density at radius 1 is 0.317 bits per heavy atom. The van der Waals surface area contributed by atoms with Gasteiger partial charge < -0.3 is 9.32 Å². The number of fused-ring (bicyclic) bond motifs is 8. The van der Waals surface area contributed by atoms with Crippen LogP contribution in [0.15, 0.2) is 229 Å². The SMILES string of the molecule is CC1(C)c2ccccc2-c2ccc(N(c3ccc(-c4ccccc4)cc3)c3cccc(-c4ccc(-c5ccccc5)c5oc6c7ccccc7c(-c7ccccc7)cc6c45)c3)cc21. The molecule has 0 aliphatic heterocycles. The van der Waals surface area contributed by atoms with Crippen molar-refractivity contribution in [1.82, 2.24) is 0 Å². The molecule has 1 aliphatic rings. The van der Waals surface area contributed by atoms with Crippen LogP contribution in [0.25, 0.3) is 88.3 Å². The van der Waals surface area contributed by atoms with E-state index in [9.17, 15) is 0 Å². The zero-order valence-corrected chi connectivity index (χ0v) is 35.2. The van der Waals surface area contributed by atoms with Gasteiger partial charge in [-0.25, -0.2) is 0 Å². The molecule has 12 rings (SSSR count). The fraction of sp³-hybridized carbons (Fsp3) is 0.0492. The van der Waals surface area contributed by atoms with Gasteiger partial charge in [0, 0.05) is 44.2 Å². The van der Waals surface area contributed by atoms with Crippen LogP contribution < -0.4 is 4.90 Å². The molecule has 10 aromatic carbocycles. The highest BCUT2D eigenvalue weighted by Crippen LogP contribution is 2.51. The number of nitrogens with zero attached hydrogens (tertiary/aromatic N) is 1. The predicted octanol–water partition coefficient (Wildman–Crippen LogP) is 17.2. The topological polar surface area (TPSA) is 16.4 Å². The van der Waals surface area contributed by atoms with Crippen LogP contribution in [0, 0.1) is 0 Å². The summed E-state index contributed by atoms with van der Waals surface area (Å²) in [7, 11) is 0. The smallest absolute Gasteiger partial charge is 0.143 e. The molecule has 298 valence electrons. The summed E-state index contributed by atoms with van der Waals surface area (Å²) in [6.45, 7) is 4.71. The lowest BCUT2D eigenvalue weighted by atomic mass is 9.82. The number of rotatable bonds is 7. The molecule has 0 saturated heterocycles. The van der Waals surface area contributed by atoms with Gasteiger partial charge in [-0.2, -0.15) is 0 Å². The van der Waals surface area contributed by atoms with Crippen molar-refractivity contribution in [1.29, 1.82) is 0 Å². The quantitative estimate of drug-likeness (QED) is 0.160. The maximum absolute atomic E-state index is 7.15. The normalized spacial score (nSPS) is 12.7. The van der Waals surface area contributed by atoms with Crippen molar-refractivity contribution in [3.05, 3.63) is 236 Å². The molecule has 0 bridgehead atoms. The molecule has 63 heavy (non-hydrogen) atoms. The molecule has 0 spiro atoms. The van der Waals surface area contributed by atoms with Gasteiger partial charge in [0.05, 0.1) is 0 Å². The first-order chi connectivity index (χ1) is 31.0. The average Bonchev–Trinajstić information content (AvgIpc) is 3.85. The minimum Gasteiger partial charge on any atom is -0.455 e. The van der Waals surface area contributed by atoms with E-state index in [1.807, 2.05) is 0 Å². The second-order valence-corrected chi connectivity index (χ2v) is 17.2. The van der Waals surface area contributed by atoms with E-state index in [0.29, 0.717) is 0 Å². The van der Waals surface area contributed by atoms with E-state index in [2.05, 4.69) is 243 Å². The van der Waals surface area contributed by atoms with Gasteiger partial charge in [0.15, 0.2) is 0 Å². The first-order valence-corrected chi connectivity index (χ1v) is 21.8. The molecular formula is C61H43NO. The second kappa shape index (κ2) is 14.6. The van der Waals surface area contributed by atoms with E-state index in [-0.39, 0.29) is 5.41 Å². The van der Waals surface area contributed by atoms with Crippen molar-refractivity contribution >= 4 is 49.8 Å². The third-order valence-electron chi connectivity index (χ3n) is 13.3. The van der Waals surface area contributed by atoms with Crippen LogP contribution in [0.1, 0.15) is 25.0 Å². The Morgan fingerprint density at radius 3 is 1.60 bits per heavy atom. The standard InChI is InChI=1S/C61H43NO/c1-61(2)56-28-15-14-26-51(56)52-34-33-47(38-57(52)61)62(45-31-29-41(30-32-45)40-17-6-3-7-18-40)46-24-16-23-44(37-46)48-35-36-49(42-19-8-4-9-20-42)60-58(48)55-39-54(43-21-10-5-11-22-43)50-25-12-13-27-53(50)59(55)63-60/h3-39H,1-2H3. The molecule has 1 aromatic heterocycles. The lowest BCUT2D eigenvalue weighted by molar-refractivity contribution is 0.660. The molecule has 0 fully saturated rings. The summed E-state index contributed by atoms with van der Waals surface area (Å²) < 4.78 is 7.15. The van der Waals surface area contributed by atoms with E-state index in [1.165, 1.54) is 49.9 Å². The highest BCUT2D eigenvalue weighted by Gasteiger charge is 2.36. The van der Waals surface area contributed by atoms with Crippen molar-refractivity contribution in [2.24, 2.45) is 0 Å². The van der Waals surface area contributed by atoms with E-state index in [1.54, 1.807) is 0 Å². The number of benzene rings is 10. The van der Waals surface area contributed by atoms with Gasteiger partial charge in [0.1, 0.15) is 11.2 Å². The summed E-state index contributed by atoms with van der Waals surface area (Å²) >= 11 is 0. The Labute approximate surface area is 368 Å². The predicted molar refractivity (Wildman–Crippen MR) is 265 cm³/mol. The summed E-state index contributed by atoms with van der Waals surface area (Å²) in [6, 6.07) is 81.5. The molecule has 0 radical (unpaired) electrons. The van der Waals surface area contributed by atoms with E-state index >= 15 is 0 Å². The fourth-order valence-electron chi connectivity index (χ4n) is 10.2. The van der Waals surface area contributed by atoms with Gasteiger partial charge in [-0.05, 0) is 115 Å². The largest absolute Gasteiger partial charge is 0.455 e. The molecule has 1 heterocycles. The van der Waals surface area contributed by atoms with Crippen LogP contribution in [0.3, 0.4) is 0 Å². The first-order valence-electron chi connectivity index (χ1n) is 21.8. The lowest BCUT2D eigenvalue weighted by Gasteiger charge is -2.28. The van der Waals surface area contributed by atoms with E-state index in [4.69, 9.17) is 4.42 Å². The number of furan rings is 1. The molecule has 0 N–H and O–H groups in total. The van der Waals surface area contributed by atoms with Crippen LogP contribution in [-0.2, 0) is 5.41 Å². The zero-order chi connectivity index (χ0) is 42.1. The Balaban J connectivity index is 1.08. The molecule has 1 aliphatic carbocycles. The van der Waals surface area contributed by atoms with Gasteiger partial charge >= 0.3 is 0 Å². The number of hydrogen-bond acceptors (Lipinski definition) is 2. The molecular weight excluding hydrogens is 763 g/mol. The van der Waals surface area contributed by atoms with Gasteiger partial charge in [0.2, 0.25) is 0 Å². The summed E-state index contributed by atoms with van der Waals surface area (Å²) in [5, 5.41) is 4.50. The average molecular weight is 806 g/mol. The first kappa shape index (κ1) is 36.9. The van der Waals surface area contributed by atoms with Crippen LogP contribution in [0.4, 0.5) is 17.1 Å². The van der Waals surface area contributed by atoms with Crippen molar-refractivity contribution in [2.45, 2.75) is 19.3 Å². The van der Waals surface area contributed by atoms with E-state index in [0.717, 1.165) is 66.6 Å². The Hall–Kier alpha value is -7.94. The third-order valence-corrected chi connectivity index (χ3v) is 13.3. The van der Waals surface area contributed by atoms with Gasteiger partial charge in [0.25, 0.3) is 0 Å². The van der Waals surface area contributed by atoms with Crippen LogP contribution in [0.5, 0.6) is 0 Å². The van der Waals surface area contributed by atoms with Crippen molar-refractivity contribution < 1.29 is 4.42 Å². The number of hydrogen-bond donors (Lipinski definition) is 0. The van der Waals surface area contributed by atoms with Crippen LogP contribution in [-0.4, -0.2) is 0 Å². The Morgan fingerprint density at radius 2 is 0.857 bits per heavy atom. The highest BCUT2D eigenvalue weighted by molar-refractivity contribution is 6.24. The molecule has 2 nitrogen and oxygen atoms in total. The fourth-order valence-corrected chi connectivity index (χ4v) is 10.2. The van der Waals surface area contributed by atoms with Crippen molar-refractivity contribution in [3.8, 4) is 55.6 Å². The Kier molecular flexibility index (Phi) is 8.55. The van der Waals surface area contributed by atoms with Gasteiger partial charge in [-0.3, -0.25) is 0 Å². The molecule has 0 amide bonds. The molecule has 2 heteroatoms. The van der Waals surface area contributed by atoms with Crippen LogP contribution in [0.2, 0.25) is 0 Å². The summed E-state index contributed by atoms with van der Waals surface area (Å²) in [5.74, 6) is 0. The van der Waals surface area contributed by atoms with Gasteiger partial charge in [-0.15, -0.1) is 0 Å². The second-order valence-electron chi connectivity index (χ2n) is 17.2.